The van der Waals surface area contributed by atoms with Gasteiger partial charge in [-0.2, -0.15) is 0 Å². The summed E-state index contributed by atoms with van der Waals surface area (Å²) in [5, 5.41) is 0. The van der Waals surface area contributed by atoms with Gasteiger partial charge in [-0.05, 0) is 50.9 Å². The van der Waals surface area contributed by atoms with Gasteiger partial charge in [-0.25, -0.2) is 0 Å². The zero-order chi connectivity index (χ0) is 15.2. The highest BCUT2D eigenvalue weighted by molar-refractivity contribution is 5.20. The molecule has 22 heavy (non-hydrogen) atoms. The Morgan fingerprint density at radius 1 is 1.18 bits per heavy atom. The van der Waals surface area contributed by atoms with Gasteiger partial charge in [0.1, 0.15) is 5.75 Å². The molecule has 2 heterocycles. The lowest BCUT2D eigenvalue weighted by molar-refractivity contribution is 0.111. The van der Waals surface area contributed by atoms with Crippen molar-refractivity contribution in [2.45, 2.75) is 25.8 Å². The van der Waals surface area contributed by atoms with E-state index in [1.165, 1.54) is 12.8 Å². The smallest absolute Gasteiger partial charge is 0.119 e. The number of aromatic nitrogens is 2. The van der Waals surface area contributed by atoms with Crippen LogP contribution in [0.1, 0.15) is 31.5 Å². The van der Waals surface area contributed by atoms with Crippen molar-refractivity contribution in [3.63, 3.8) is 0 Å². The number of para-hydroxylation sites is 1. The second-order valence-corrected chi connectivity index (χ2v) is 5.91. The average molecular weight is 297 g/mol. The topological polar surface area (TPSA) is 38.2 Å². The largest absolute Gasteiger partial charge is 0.493 e. The van der Waals surface area contributed by atoms with Crippen LogP contribution >= 0.6 is 0 Å². The molecule has 0 amide bonds. The SMILES string of the molecule is C[C@H](c1cnccn1)N1CCC(COc2ccccc2)CC1. The molecule has 4 nitrogen and oxygen atoms in total. The Bertz CT molecular complexity index is 553. The summed E-state index contributed by atoms with van der Waals surface area (Å²) in [6.07, 6.45) is 7.72. The van der Waals surface area contributed by atoms with Crippen LogP contribution < -0.4 is 4.74 Å². The zero-order valence-corrected chi connectivity index (χ0v) is 13.1. The molecule has 1 aliphatic heterocycles. The normalized spacial score (nSPS) is 18.0. The lowest BCUT2D eigenvalue weighted by atomic mass is 9.96. The molecule has 116 valence electrons. The second kappa shape index (κ2) is 7.36. The molecule has 1 aliphatic rings. The first-order valence-corrected chi connectivity index (χ1v) is 8.01. The minimum absolute atomic E-state index is 0.338. The van der Waals surface area contributed by atoms with Gasteiger partial charge in [0, 0.05) is 18.6 Å². The van der Waals surface area contributed by atoms with E-state index in [2.05, 4.69) is 21.8 Å². The van der Waals surface area contributed by atoms with Gasteiger partial charge in [-0.15, -0.1) is 0 Å². The summed E-state index contributed by atoms with van der Waals surface area (Å²) in [7, 11) is 0. The molecule has 0 spiro atoms. The number of piperidine rings is 1. The van der Waals surface area contributed by atoms with Crippen LogP contribution in [0.2, 0.25) is 0 Å². The highest BCUT2D eigenvalue weighted by Gasteiger charge is 2.24. The van der Waals surface area contributed by atoms with Gasteiger partial charge in [-0.1, -0.05) is 18.2 Å². The van der Waals surface area contributed by atoms with Crippen molar-refractivity contribution in [3.8, 4) is 5.75 Å². The summed E-state index contributed by atoms with van der Waals surface area (Å²) < 4.78 is 5.88. The lowest BCUT2D eigenvalue weighted by Gasteiger charge is -2.35. The summed E-state index contributed by atoms with van der Waals surface area (Å²) in [5.74, 6) is 1.61. The fourth-order valence-corrected chi connectivity index (χ4v) is 2.95. The van der Waals surface area contributed by atoms with Crippen LogP contribution in [0.25, 0.3) is 0 Å². The van der Waals surface area contributed by atoms with Crippen molar-refractivity contribution < 1.29 is 4.74 Å². The van der Waals surface area contributed by atoms with E-state index in [1.807, 2.05) is 36.5 Å². The molecule has 2 aromatic rings. The van der Waals surface area contributed by atoms with Gasteiger partial charge in [0.05, 0.1) is 18.3 Å². The second-order valence-electron chi connectivity index (χ2n) is 5.91. The maximum absolute atomic E-state index is 5.88. The standard InChI is InChI=1S/C18H23N3O/c1-15(18-13-19-9-10-20-18)21-11-7-16(8-12-21)14-22-17-5-3-2-4-6-17/h2-6,9-10,13,15-16H,7-8,11-12,14H2,1H3/t15-/m1/s1. The molecule has 1 aromatic heterocycles. The Hall–Kier alpha value is -1.94. The van der Waals surface area contributed by atoms with Gasteiger partial charge in [0.2, 0.25) is 0 Å². The maximum Gasteiger partial charge on any atom is 0.119 e. The lowest BCUT2D eigenvalue weighted by Crippen LogP contribution is -2.37. The summed E-state index contributed by atoms with van der Waals surface area (Å²) in [5.41, 5.74) is 1.06. The Morgan fingerprint density at radius 2 is 1.95 bits per heavy atom. The number of likely N-dealkylation sites (tertiary alicyclic amines) is 1. The zero-order valence-electron chi connectivity index (χ0n) is 13.1. The van der Waals surface area contributed by atoms with E-state index in [0.29, 0.717) is 12.0 Å². The average Bonchev–Trinajstić information content (AvgIpc) is 2.61. The van der Waals surface area contributed by atoms with Crippen LogP contribution in [-0.2, 0) is 0 Å². The fraction of sp³-hybridized carbons (Fsp3) is 0.444. The predicted molar refractivity (Wildman–Crippen MR) is 86.7 cm³/mol. The number of ether oxygens (including phenoxy) is 1. The van der Waals surface area contributed by atoms with Crippen molar-refractivity contribution >= 4 is 0 Å². The third-order valence-electron chi connectivity index (χ3n) is 4.44. The summed E-state index contributed by atoms with van der Waals surface area (Å²) >= 11 is 0. The van der Waals surface area contributed by atoms with Crippen LogP contribution in [0.3, 0.4) is 0 Å². The first-order valence-electron chi connectivity index (χ1n) is 8.01. The molecule has 1 fully saturated rings. The molecule has 0 aliphatic carbocycles. The van der Waals surface area contributed by atoms with E-state index in [1.54, 1.807) is 12.4 Å². The van der Waals surface area contributed by atoms with Gasteiger partial charge in [0.15, 0.2) is 0 Å². The Morgan fingerprint density at radius 3 is 2.64 bits per heavy atom. The molecule has 1 atom stereocenters. The van der Waals surface area contributed by atoms with Gasteiger partial charge in [-0.3, -0.25) is 14.9 Å². The van der Waals surface area contributed by atoms with Gasteiger partial charge in [0.25, 0.3) is 0 Å². The molecule has 0 N–H and O–H groups in total. The molecule has 1 aromatic carbocycles. The number of nitrogens with zero attached hydrogens (tertiary/aromatic N) is 3. The minimum atomic E-state index is 0.338. The fourth-order valence-electron chi connectivity index (χ4n) is 2.95. The van der Waals surface area contributed by atoms with E-state index in [-0.39, 0.29) is 0 Å². The van der Waals surface area contributed by atoms with E-state index >= 15 is 0 Å². The Balaban J connectivity index is 1.46. The highest BCUT2D eigenvalue weighted by Crippen LogP contribution is 2.25. The van der Waals surface area contributed by atoms with Crippen molar-refractivity contribution in [2.24, 2.45) is 5.92 Å². The summed E-state index contributed by atoms with van der Waals surface area (Å²) in [6, 6.07) is 10.4. The molecular formula is C18H23N3O. The molecule has 4 heteroatoms. The van der Waals surface area contributed by atoms with Crippen LogP contribution in [0.4, 0.5) is 0 Å². The Kier molecular flexibility index (Phi) is 5.01. The Labute approximate surface area is 132 Å². The molecule has 0 bridgehead atoms. The number of hydrogen-bond donors (Lipinski definition) is 0. The van der Waals surface area contributed by atoms with Crippen LogP contribution in [-0.4, -0.2) is 34.6 Å². The van der Waals surface area contributed by atoms with Crippen LogP contribution in [0, 0.1) is 5.92 Å². The minimum Gasteiger partial charge on any atom is -0.493 e. The van der Waals surface area contributed by atoms with Crippen molar-refractivity contribution in [1.82, 2.24) is 14.9 Å². The summed E-state index contributed by atoms with van der Waals surface area (Å²) in [4.78, 5) is 11.1. The van der Waals surface area contributed by atoms with Crippen molar-refractivity contribution in [1.29, 1.82) is 0 Å². The van der Waals surface area contributed by atoms with Crippen molar-refractivity contribution in [3.05, 3.63) is 54.6 Å². The molecule has 0 unspecified atom stereocenters. The van der Waals surface area contributed by atoms with E-state index in [0.717, 1.165) is 31.1 Å². The third-order valence-corrected chi connectivity index (χ3v) is 4.44. The van der Waals surface area contributed by atoms with Crippen molar-refractivity contribution in [2.75, 3.05) is 19.7 Å². The molecule has 0 radical (unpaired) electrons. The first kappa shape index (κ1) is 15.0. The number of benzene rings is 1. The van der Waals surface area contributed by atoms with Crippen LogP contribution in [0.5, 0.6) is 5.75 Å². The van der Waals surface area contributed by atoms with Crippen LogP contribution in [0.15, 0.2) is 48.9 Å². The van der Waals surface area contributed by atoms with E-state index in [4.69, 9.17) is 4.74 Å². The molecule has 0 saturated carbocycles. The first-order chi connectivity index (χ1) is 10.8. The highest BCUT2D eigenvalue weighted by atomic mass is 16.5. The predicted octanol–water partition coefficient (Wildman–Crippen LogP) is 3.33. The number of hydrogen-bond acceptors (Lipinski definition) is 4. The van der Waals surface area contributed by atoms with E-state index in [9.17, 15) is 0 Å². The quantitative estimate of drug-likeness (QED) is 0.848. The van der Waals surface area contributed by atoms with Gasteiger partial charge < -0.3 is 4.74 Å². The monoisotopic (exact) mass is 297 g/mol. The molecule has 1 saturated heterocycles. The number of rotatable bonds is 5. The summed E-state index contributed by atoms with van der Waals surface area (Å²) in [6.45, 7) is 5.23. The van der Waals surface area contributed by atoms with E-state index < -0.39 is 0 Å². The molecule has 3 rings (SSSR count). The maximum atomic E-state index is 5.88. The van der Waals surface area contributed by atoms with Gasteiger partial charge >= 0.3 is 0 Å². The third kappa shape index (κ3) is 3.83. The molecular weight excluding hydrogens is 274 g/mol.